The molecule has 0 rings (SSSR count). The Morgan fingerprint density at radius 2 is 1.70 bits per heavy atom. The molecule has 0 aromatic rings. The maximum atomic E-state index is 12.0. The molecule has 0 spiro atoms. The highest BCUT2D eigenvalue weighted by Gasteiger charge is 2.39. The van der Waals surface area contributed by atoms with E-state index in [1.165, 1.54) is 6.92 Å². The summed E-state index contributed by atoms with van der Waals surface area (Å²) in [6, 6.07) is 0. The number of halogens is 3. The Balaban J connectivity index is 4.51. The van der Waals surface area contributed by atoms with Crippen molar-refractivity contribution in [2.45, 2.75) is 46.7 Å². The molecular weight excluding hydrogens is 277 g/mol. The molecule has 1 unspecified atom stereocenters. The lowest BCUT2D eigenvalue weighted by atomic mass is 9.84. The molecule has 0 bridgehead atoms. The van der Waals surface area contributed by atoms with E-state index in [-0.39, 0.29) is 25.4 Å². The zero-order valence-electron chi connectivity index (χ0n) is 12.2. The summed E-state index contributed by atoms with van der Waals surface area (Å²) in [5.41, 5.74) is -1.31. The first kappa shape index (κ1) is 18.7. The quantitative estimate of drug-likeness (QED) is 0.678. The van der Waals surface area contributed by atoms with Gasteiger partial charge in [-0.05, 0) is 19.3 Å². The number of carbonyl (C=O) groups is 2. The van der Waals surface area contributed by atoms with Crippen LogP contribution in [-0.4, -0.2) is 31.3 Å². The van der Waals surface area contributed by atoms with Crippen LogP contribution >= 0.6 is 0 Å². The molecule has 0 aromatic heterocycles. The molecule has 0 saturated heterocycles. The van der Waals surface area contributed by atoms with Gasteiger partial charge in [0, 0.05) is 0 Å². The largest absolute Gasteiger partial charge is 0.465 e. The van der Waals surface area contributed by atoms with Crippen molar-refractivity contribution < 1.29 is 32.2 Å². The molecule has 0 aliphatic rings. The van der Waals surface area contributed by atoms with E-state index < -0.39 is 30.1 Å². The van der Waals surface area contributed by atoms with Crippen LogP contribution in [0.4, 0.5) is 13.2 Å². The highest BCUT2D eigenvalue weighted by molar-refractivity contribution is 5.83. The van der Waals surface area contributed by atoms with Crippen LogP contribution in [0, 0.1) is 11.3 Å². The first-order valence-corrected chi connectivity index (χ1v) is 6.40. The van der Waals surface area contributed by atoms with Gasteiger partial charge in [0.2, 0.25) is 0 Å². The topological polar surface area (TPSA) is 52.6 Å². The van der Waals surface area contributed by atoms with Crippen molar-refractivity contribution in [2.24, 2.45) is 11.3 Å². The predicted octanol–water partition coefficient (Wildman–Crippen LogP) is 3.10. The van der Waals surface area contributed by atoms with Gasteiger partial charge in [-0.25, -0.2) is 0 Å². The van der Waals surface area contributed by atoms with Gasteiger partial charge in [0.05, 0.1) is 18.4 Å². The second-order valence-corrected chi connectivity index (χ2v) is 5.36. The minimum atomic E-state index is -4.58. The summed E-state index contributed by atoms with van der Waals surface area (Å²) in [5, 5.41) is 0. The lowest BCUT2D eigenvalue weighted by molar-refractivity contribution is -0.194. The Hall–Kier alpha value is -1.27. The molecule has 0 fully saturated rings. The fraction of sp³-hybridized carbons (Fsp3) is 0.846. The smallest absolute Gasteiger partial charge is 0.422 e. The average Bonchev–Trinajstić information content (AvgIpc) is 2.32. The first-order valence-electron chi connectivity index (χ1n) is 6.40. The zero-order valence-corrected chi connectivity index (χ0v) is 12.2. The van der Waals surface area contributed by atoms with Crippen molar-refractivity contribution in [3.8, 4) is 0 Å². The number of rotatable bonds is 7. The van der Waals surface area contributed by atoms with E-state index in [1.54, 1.807) is 6.92 Å². The van der Waals surface area contributed by atoms with Crippen molar-refractivity contribution in [3.05, 3.63) is 0 Å². The highest BCUT2D eigenvalue weighted by atomic mass is 19.4. The fourth-order valence-corrected chi connectivity index (χ4v) is 1.29. The molecule has 118 valence electrons. The van der Waals surface area contributed by atoms with E-state index >= 15 is 0 Å². The molecule has 0 amide bonds. The Morgan fingerprint density at radius 1 is 1.15 bits per heavy atom. The lowest BCUT2D eigenvalue weighted by Gasteiger charge is -2.25. The molecule has 7 heteroatoms. The number of ether oxygens (including phenoxy) is 2. The molecule has 0 N–H and O–H groups in total. The van der Waals surface area contributed by atoms with Crippen molar-refractivity contribution in [3.63, 3.8) is 0 Å². The number of hydrogen-bond donors (Lipinski definition) is 0. The third kappa shape index (κ3) is 7.35. The molecule has 0 aliphatic heterocycles. The van der Waals surface area contributed by atoms with Gasteiger partial charge >= 0.3 is 18.1 Å². The van der Waals surface area contributed by atoms with Crippen molar-refractivity contribution in [1.29, 1.82) is 0 Å². The maximum Gasteiger partial charge on any atom is 0.422 e. The van der Waals surface area contributed by atoms with Crippen molar-refractivity contribution in [2.75, 3.05) is 13.2 Å². The SMILES string of the molecule is CCC(C)(CC(=O)OCC(C)C)C(=O)OCC(F)(F)F. The van der Waals surface area contributed by atoms with Crippen LogP contribution in [0.1, 0.15) is 40.5 Å². The molecule has 1 atom stereocenters. The minimum Gasteiger partial charge on any atom is -0.465 e. The molecule has 20 heavy (non-hydrogen) atoms. The van der Waals surface area contributed by atoms with Crippen LogP contribution < -0.4 is 0 Å². The van der Waals surface area contributed by atoms with Crippen LogP contribution in [0.2, 0.25) is 0 Å². The third-order valence-corrected chi connectivity index (χ3v) is 2.75. The second kappa shape index (κ2) is 7.50. The molecule has 0 radical (unpaired) electrons. The summed E-state index contributed by atoms with van der Waals surface area (Å²) >= 11 is 0. The summed E-state index contributed by atoms with van der Waals surface area (Å²) in [4.78, 5) is 23.3. The van der Waals surface area contributed by atoms with Crippen LogP contribution in [0.5, 0.6) is 0 Å². The summed E-state index contributed by atoms with van der Waals surface area (Å²) in [6.07, 6.45) is -4.70. The van der Waals surface area contributed by atoms with Crippen LogP contribution in [0.25, 0.3) is 0 Å². The van der Waals surface area contributed by atoms with Gasteiger partial charge in [-0.2, -0.15) is 13.2 Å². The van der Waals surface area contributed by atoms with E-state index in [0.29, 0.717) is 0 Å². The van der Waals surface area contributed by atoms with Gasteiger partial charge in [-0.3, -0.25) is 9.59 Å². The van der Waals surface area contributed by atoms with Crippen molar-refractivity contribution >= 4 is 11.9 Å². The average molecular weight is 298 g/mol. The lowest BCUT2D eigenvalue weighted by Crippen LogP contribution is -2.35. The maximum absolute atomic E-state index is 12.0. The summed E-state index contributed by atoms with van der Waals surface area (Å²) in [7, 11) is 0. The highest BCUT2D eigenvalue weighted by Crippen LogP contribution is 2.29. The zero-order chi connectivity index (χ0) is 16.0. The Labute approximate surface area is 116 Å². The predicted molar refractivity (Wildman–Crippen MR) is 65.8 cm³/mol. The second-order valence-electron chi connectivity index (χ2n) is 5.36. The van der Waals surface area contributed by atoms with Crippen LogP contribution in [0.15, 0.2) is 0 Å². The minimum absolute atomic E-state index is 0.143. The Kier molecular flexibility index (Phi) is 7.02. The molecule has 0 aliphatic carbocycles. The summed E-state index contributed by atoms with van der Waals surface area (Å²) in [5.74, 6) is -1.52. The first-order chi connectivity index (χ1) is 9.00. The van der Waals surface area contributed by atoms with Gasteiger partial charge in [0.1, 0.15) is 0 Å². The van der Waals surface area contributed by atoms with Crippen LogP contribution in [-0.2, 0) is 19.1 Å². The van der Waals surface area contributed by atoms with E-state index in [1.807, 2.05) is 13.8 Å². The van der Waals surface area contributed by atoms with Gasteiger partial charge in [-0.1, -0.05) is 20.8 Å². The molecule has 0 heterocycles. The van der Waals surface area contributed by atoms with E-state index in [9.17, 15) is 22.8 Å². The molecule has 4 nitrogen and oxygen atoms in total. The Morgan fingerprint density at radius 3 is 2.10 bits per heavy atom. The van der Waals surface area contributed by atoms with Gasteiger partial charge in [0.15, 0.2) is 6.61 Å². The van der Waals surface area contributed by atoms with Crippen LogP contribution in [0.3, 0.4) is 0 Å². The van der Waals surface area contributed by atoms with Gasteiger partial charge < -0.3 is 9.47 Å². The summed E-state index contributed by atoms with van der Waals surface area (Å²) < 4.78 is 45.2. The normalized spacial score (nSPS) is 14.8. The third-order valence-electron chi connectivity index (χ3n) is 2.75. The van der Waals surface area contributed by atoms with Crippen molar-refractivity contribution in [1.82, 2.24) is 0 Å². The standard InChI is InChI=1S/C13H21F3O4/c1-5-12(4,6-10(17)19-7-9(2)3)11(18)20-8-13(14,15)16/h9H,5-8H2,1-4H3. The van der Waals surface area contributed by atoms with Gasteiger partial charge in [-0.15, -0.1) is 0 Å². The monoisotopic (exact) mass is 298 g/mol. The fourth-order valence-electron chi connectivity index (χ4n) is 1.29. The number of alkyl halides is 3. The molecule has 0 saturated carbocycles. The number of carbonyl (C=O) groups excluding carboxylic acids is 2. The molecular formula is C13H21F3O4. The van der Waals surface area contributed by atoms with E-state index in [4.69, 9.17) is 4.74 Å². The van der Waals surface area contributed by atoms with E-state index in [0.717, 1.165) is 0 Å². The summed E-state index contributed by atoms with van der Waals surface area (Å²) in [6.45, 7) is 5.25. The van der Waals surface area contributed by atoms with Gasteiger partial charge in [0.25, 0.3) is 0 Å². The molecule has 0 aromatic carbocycles. The number of hydrogen-bond acceptors (Lipinski definition) is 4. The van der Waals surface area contributed by atoms with E-state index in [2.05, 4.69) is 4.74 Å². The Bertz CT molecular complexity index is 339. The number of esters is 2.